The molecule has 0 N–H and O–H groups in total. The second-order valence-corrected chi connectivity index (χ2v) is 11.1. The van der Waals surface area contributed by atoms with E-state index in [2.05, 4.69) is 20.1 Å². The van der Waals surface area contributed by atoms with E-state index in [9.17, 15) is 13.2 Å². The number of fused-ring (bicyclic) bond motifs is 1. The molecule has 1 aliphatic carbocycles. The van der Waals surface area contributed by atoms with Crippen molar-refractivity contribution in [1.82, 2.24) is 24.7 Å². The maximum atomic E-state index is 15.1. The minimum atomic E-state index is -4.71. The number of nitrogens with zero attached hydrogens (tertiary/aromatic N) is 7. The molecule has 2 fully saturated rings. The highest BCUT2D eigenvalue weighted by molar-refractivity contribution is 7.22. The fourth-order valence-electron chi connectivity index (χ4n) is 4.71. The molecule has 4 heterocycles. The zero-order chi connectivity index (χ0) is 27.7. The molecule has 0 radical (unpaired) electrons. The lowest BCUT2D eigenvalue weighted by Gasteiger charge is -2.38. The Bertz CT molecular complexity index is 1540. The van der Waals surface area contributed by atoms with E-state index in [-0.39, 0.29) is 42.0 Å². The highest BCUT2D eigenvalue weighted by Gasteiger charge is 2.46. The molecule has 0 spiro atoms. The summed E-state index contributed by atoms with van der Waals surface area (Å²) in [4.78, 5) is 16.8. The highest BCUT2D eigenvalue weighted by Crippen LogP contribution is 2.44. The van der Waals surface area contributed by atoms with Crippen molar-refractivity contribution in [1.29, 1.82) is 0 Å². The van der Waals surface area contributed by atoms with E-state index in [4.69, 9.17) is 0 Å². The lowest BCUT2D eigenvalue weighted by atomic mass is 9.89. The van der Waals surface area contributed by atoms with Gasteiger partial charge in [0.15, 0.2) is 10.8 Å². The Kier molecular flexibility index (Phi) is 6.01. The largest absolute Gasteiger partial charge is 0.416 e. The van der Waals surface area contributed by atoms with Crippen LogP contribution in [0.25, 0.3) is 21.6 Å². The summed E-state index contributed by atoms with van der Waals surface area (Å²) in [6, 6.07) is 2.48. The van der Waals surface area contributed by atoms with Gasteiger partial charge in [0.1, 0.15) is 10.5 Å². The average Bonchev–Trinajstić information content (AvgIpc) is 3.43. The van der Waals surface area contributed by atoms with Crippen molar-refractivity contribution in [3.63, 3.8) is 0 Å². The van der Waals surface area contributed by atoms with Gasteiger partial charge in [-0.1, -0.05) is 11.3 Å². The van der Waals surface area contributed by atoms with E-state index >= 15 is 13.2 Å². The summed E-state index contributed by atoms with van der Waals surface area (Å²) in [5.41, 5.74) is -0.605. The van der Waals surface area contributed by atoms with E-state index < -0.39 is 35.8 Å². The predicted octanol–water partition coefficient (Wildman–Crippen LogP) is 6.14. The molecule has 4 aromatic rings. The van der Waals surface area contributed by atoms with Gasteiger partial charge in [-0.2, -0.15) is 28.2 Å². The SMILES string of the molecule is CN(C)c1nc2nc(N3CCC(F)(F)C(c4cnn(C5CC5)c4)C3)nc(-c3ccc(C(F)(F)F)cc3F)c2s1. The number of hydrogen-bond acceptors (Lipinski definition) is 7. The number of benzene rings is 1. The third kappa shape index (κ3) is 4.79. The summed E-state index contributed by atoms with van der Waals surface area (Å²) < 4.78 is 86.8. The summed E-state index contributed by atoms with van der Waals surface area (Å²) >= 11 is 1.16. The molecule has 1 saturated heterocycles. The van der Waals surface area contributed by atoms with Crippen molar-refractivity contribution in [3.8, 4) is 11.3 Å². The van der Waals surface area contributed by atoms with Crippen molar-refractivity contribution >= 4 is 32.8 Å². The van der Waals surface area contributed by atoms with Crippen molar-refractivity contribution in [2.45, 2.75) is 43.3 Å². The number of thiazole rings is 1. The van der Waals surface area contributed by atoms with Gasteiger partial charge in [-0.3, -0.25) is 4.68 Å². The standard InChI is InChI=1S/C25H23F6N7S/c1-36(2)23-35-21-20(39-23)19(16-6-3-14(9-18(16)26)25(29,30)31)33-22(34-21)37-8-7-24(27,28)17(12-37)13-10-32-38(11-13)15-4-5-15/h3,6,9-11,15,17H,4-5,7-8,12H2,1-2H3. The number of halogens is 6. The van der Waals surface area contributed by atoms with Gasteiger partial charge < -0.3 is 9.80 Å². The molecule has 1 aromatic carbocycles. The first-order chi connectivity index (χ1) is 18.4. The van der Waals surface area contributed by atoms with Crippen LogP contribution in [0.2, 0.25) is 0 Å². The monoisotopic (exact) mass is 567 g/mol. The fraction of sp³-hybridized carbons (Fsp3) is 0.440. The van der Waals surface area contributed by atoms with Crippen molar-refractivity contribution in [2.75, 3.05) is 37.0 Å². The predicted molar refractivity (Wildman–Crippen MR) is 135 cm³/mol. The molecule has 14 heteroatoms. The smallest absolute Gasteiger partial charge is 0.354 e. The Morgan fingerprint density at radius 1 is 1.10 bits per heavy atom. The third-order valence-corrected chi connectivity index (χ3v) is 8.24. The second-order valence-electron chi connectivity index (χ2n) is 10.1. The van der Waals surface area contributed by atoms with Crippen LogP contribution in [0, 0.1) is 5.82 Å². The van der Waals surface area contributed by atoms with Gasteiger partial charge in [-0.05, 0) is 31.0 Å². The summed E-state index contributed by atoms with van der Waals surface area (Å²) in [5.74, 6) is -5.20. The molecule has 6 rings (SSSR count). The van der Waals surface area contributed by atoms with E-state index in [1.165, 1.54) is 6.20 Å². The van der Waals surface area contributed by atoms with Gasteiger partial charge >= 0.3 is 6.18 Å². The maximum Gasteiger partial charge on any atom is 0.416 e. The molecule has 7 nitrogen and oxygen atoms in total. The van der Waals surface area contributed by atoms with Crippen LogP contribution < -0.4 is 9.80 Å². The third-order valence-electron chi connectivity index (χ3n) is 7.02. The summed E-state index contributed by atoms with van der Waals surface area (Å²) in [5, 5.41) is 4.79. The first-order valence-electron chi connectivity index (χ1n) is 12.3. The minimum absolute atomic E-state index is 0.0576. The van der Waals surface area contributed by atoms with Crippen molar-refractivity contribution in [2.24, 2.45) is 0 Å². The van der Waals surface area contributed by atoms with Crippen LogP contribution in [0.3, 0.4) is 0 Å². The summed E-state index contributed by atoms with van der Waals surface area (Å²) in [7, 11) is 3.51. The molecule has 206 valence electrons. The van der Waals surface area contributed by atoms with Gasteiger partial charge in [0.05, 0.1) is 29.4 Å². The quantitative estimate of drug-likeness (QED) is 0.270. The fourth-order valence-corrected chi connectivity index (χ4v) is 5.64. The van der Waals surface area contributed by atoms with Gasteiger partial charge in [0.2, 0.25) is 5.95 Å². The number of rotatable bonds is 5. The number of aromatic nitrogens is 5. The highest BCUT2D eigenvalue weighted by atomic mass is 32.1. The molecule has 0 bridgehead atoms. The maximum absolute atomic E-state index is 15.1. The number of hydrogen-bond donors (Lipinski definition) is 0. The second kappa shape index (κ2) is 9.07. The molecular formula is C25H23F6N7S. The Labute approximate surface area is 223 Å². The topological polar surface area (TPSA) is 63.0 Å². The normalized spacial score (nSPS) is 19.6. The van der Waals surface area contributed by atoms with E-state index in [0.29, 0.717) is 21.5 Å². The Balaban J connectivity index is 1.42. The van der Waals surface area contributed by atoms with E-state index in [0.717, 1.165) is 36.3 Å². The van der Waals surface area contributed by atoms with Crippen LogP contribution in [0.1, 0.15) is 42.3 Å². The zero-order valence-corrected chi connectivity index (χ0v) is 21.7. The molecule has 2 aliphatic rings. The average molecular weight is 568 g/mol. The van der Waals surface area contributed by atoms with E-state index in [1.807, 2.05) is 0 Å². The molecule has 1 saturated carbocycles. The van der Waals surface area contributed by atoms with E-state index in [1.54, 1.807) is 34.8 Å². The molecule has 3 aromatic heterocycles. The van der Waals surface area contributed by atoms with Crippen LogP contribution >= 0.6 is 11.3 Å². The molecule has 1 unspecified atom stereocenters. The number of anilines is 2. The summed E-state index contributed by atoms with van der Waals surface area (Å²) in [6.07, 6.45) is -0.108. The van der Waals surface area contributed by atoms with Gasteiger partial charge in [-0.15, -0.1) is 0 Å². The minimum Gasteiger partial charge on any atom is -0.354 e. The molecular weight excluding hydrogens is 544 g/mol. The number of alkyl halides is 5. The van der Waals surface area contributed by atoms with Crippen molar-refractivity contribution in [3.05, 3.63) is 47.5 Å². The first kappa shape index (κ1) is 25.8. The first-order valence-corrected chi connectivity index (χ1v) is 13.1. The van der Waals surface area contributed by atoms with Crippen LogP contribution in [-0.2, 0) is 6.18 Å². The zero-order valence-electron chi connectivity index (χ0n) is 20.9. The Hall–Kier alpha value is -3.42. The summed E-state index contributed by atoms with van der Waals surface area (Å²) in [6.45, 7) is -0.181. The van der Waals surface area contributed by atoms with Crippen LogP contribution in [-0.4, -0.2) is 57.8 Å². The van der Waals surface area contributed by atoms with Gasteiger partial charge in [0.25, 0.3) is 5.92 Å². The molecule has 0 amide bonds. The lowest BCUT2D eigenvalue weighted by Crippen LogP contribution is -2.46. The molecule has 1 aliphatic heterocycles. The molecule has 39 heavy (non-hydrogen) atoms. The van der Waals surface area contributed by atoms with Crippen LogP contribution in [0.5, 0.6) is 0 Å². The Morgan fingerprint density at radius 2 is 1.87 bits per heavy atom. The Morgan fingerprint density at radius 3 is 2.54 bits per heavy atom. The van der Waals surface area contributed by atoms with Gasteiger partial charge in [0, 0.05) is 50.9 Å². The van der Waals surface area contributed by atoms with Crippen LogP contribution in [0.4, 0.5) is 37.4 Å². The van der Waals surface area contributed by atoms with Crippen molar-refractivity contribution < 1.29 is 26.3 Å². The van der Waals surface area contributed by atoms with Crippen LogP contribution in [0.15, 0.2) is 30.6 Å². The lowest BCUT2D eigenvalue weighted by molar-refractivity contribution is -0.137. The number of piperidine rings is 1. The van der Waals surface area contributed by atoms with Gasteiger partial charge in [-0.25, -0.2) is 18.2 Å². The molecule has 1 atom stereocenters.